The predicted molar refractivity (Wildman–Crippen MR) is 73.0 cm³/mol. The van der Waals surface area contributed by atoms with Crippen LogP contribution >= 0.6 is 0 Å². The van der Waals surface area contributed by atoms with E-state index in [1.807, 2.05) is 25.1 Å². The lowest BCUT2D eigenvalue weighted by molar-refractivity contribution is 0.269. The molecular weight excluding hydrogens is 208 g/mol. The minimum atomic E-state index is 0.217. The molecule has 0 bridgehead atoms. The number of anilines is 1. The molecule has 0 radical (unpaired) electrons. The summed E-state index contributed by atoms with van der Waals surface area (Å²) in [6, 6.07) is 8.05. The third kappa shape index (κ3) is 3.23. The third-order valence-corrected chi connectivity index (χ3v) is 3.68. The lowest BCUT2D eigenvalue weighted by Gasteiger charge is -2.30. The molecule has 0 fully saturated rings. The van der Waals surface area contributed by atoms with Crippen LogP contribution in [0.5, 0.6) is 0 Å². The Hall–Kier alpha value is -1.49. The van der Waals surface area contributed by atoms with Gasteiger partial charge >= 0.3 is 0 Å². The van der Waals surface area contributed by atoms with Crippen molar-refractivity contribution in [1.82, 2.24) is 0 Å². The first-order valence-corrected chi connectivity index (χ1v) is 6.12. The summed E-state index contributed by atoms with van der Waals surface area (Å²) in [5, 5.41) is 12.5. The van der Waals surface area contributed by atoms with Gasteiger partial charge in [0.15, 0.2) is 0 Å². The zero-order chi connectivity index (χ0) is 13.1. The van der Waals surface area contributed by atoms with E-state index in [1.54, 1.807) is 0 Å². The largest absolute Gasteiger partial charge is 0.383 e. The van der Waals surface area contributed by atoms with Crippen molar-refractivity contribution in [1.29, 1.82) is 5.26 Å². The third-order valence-electron chi connectivity index (χ3n) is 3.68. The van der Waals surface area contributed by atoms with Gasteiger partial charge in [0.2, 0.25) is 0 Å². The highest BCUT2D eigenvalue weighted by Gasteiger charge is 2.22. The Bertz CT molecular complexity index is 425. The first kappa shape index (κ1) is 13.6. The van der Waals surface area contributed by atoms with Gasteiger partial charge in [0.1, 0.15) is 6.07 Å². The molecule has 0 unspecified atom stereocenters. The van der Waals surface area contributed by atoms with Crippen molar-refractivity contribution in [2.75, 3.05) is 11.9 Å². The predicted octanol–water partition coefficient (Wildman–Crippen LogP) is 3.96. The van der Waals surface area contributed by atoms with Gasteiger partial charge in [-0.05, 0) is 29.9 Å². The molecule has 1 N–H and O–H groups in total. The standard InChI is InChI=1S/C15H22N2/c1-11(2)15(4,5)10-17-14-12(3)7-6-8-13(14)9-16/h6-8,11,17H,10H2,1-5H3. The van der Waals surface area contributed by atoms with Gasteiger partial charge in [0, 0.05) is 6.54 Å². The van der Waals surface area contributed by atoms with Crippen LogP contribution < -0.4 is 5.32 Å². The van der Waals surface area contributed by atoms with Gasteiger partial charge in [-0.3, -0.25) is 0 Å². The van der Waals surface area contributed by atoms with Crippen molar-refractivity contribution < 1.29 is 0 Å². The number of hydrogen-bond acceptors (Lipinski definition) is 2. The second-order valence-corrected chi connectivity index (χ2v) is 5.61. The molecule has 0 aromatic heterocycles. The molecule has 0 amide bonds. The van der Waals surface area contributed by atoms with Crippen LogP contribution in [0.1, 0.15) is 38.8 Å². The fourth-order valence-corrected chi connectivity index (χ4v) is 1.52. The number of para-hydroxylation sites is 1. The molecule has 0 aliphatic heterocycles. The summed E-state index contributed by atoms with van der Waals surface area (Å²) in [6.07, 6.45) is 0. The SMILES string of the molecule is Cc1cccc(C#N)c1NCC(C)(C)C(C)C. The van der Waals surface area contributed by atoms with Crippen molar-refractivity contribution in [2.45, 2.75) is 34.6 Å². The second-order valence-electron chi connectivity index (χ2n) is 5.61. The van der Waals surface area contributed by atoms with Crippen molar-refractivity contribution in [3.63, 3.8) is 0 Å². The van der Waals surface area contributed by atoms with Crippen molar-refractivity contribution in [3.8, 4) is 6.07 Å². The zero-order valence-electron chi connectivity index (χ0n) is 11.5. The Morgan fingerprint density at radius 2 is 2.00 bits per heavy atom. The van der Waals surface area contributed by atoms with E-state index < -0.39 is 0 Å². The van der Waals surface area contributed by atoms with E-state index in [9.17, 15) is 0 Å². The molecule has 1 rings (SSSR count). The fraction of sp³-hybridized carbons (Fsp3) is 0.533. The van der Waals surface area contributed by atoms with Crippen LogP contribution in [0.3, 0.4) is 0 Å². The molecule has 1 aromatic carbocycles. The summed E-state index contributed by atoms with van der Waals surface area (Å²) >= 11 is 0. The van der Waals surface area contributed by atoms with E-state index in [-0.39, 0.29) is 5.41 Å². The van der Waals surface area contributed by atoms with Crippen LogP contribution in [0.4, 0.5) is 5.69 Å². The number of hydrogen-bond donors (Lipinski definition) is 1. The Morgan fingerprint density at radius 3 is 2.53 bits per heavy atom. The average molecular weight is 230 g/mol. The van der Waals surface area contributed by atoms with Crippen molar-refractivity contribution in [3.05, 3.63) is 29.3 Å². The molecule has 2 heteroatoms. The number of nitrogens with one attached hydrogen (secondary N) is 1. The Labute approximate surface area is 105 Å². The molecule has 1 aromatic rings. The molecule has 0 spiro atoms. The fourth-order valence-electron chi connectivity index (χ4n) is 1.52. The number of benzene rings is 1. The lowest BCUT2D eigenvalue weighted by Crippen LogP contribution is -2.28. The van der Waals surface area contributed by atoms with Gasteiger partial charge in [-0.15, -0.1) is 0 Å². The van der Waals surface area contributed by atoms with E-state index in [1.165, 1.54) is 0 Å². The Morgan fingerprint density at radius 1 is 1.35 bits per heavy atom. The molecule has 17 heavy (non-hydrogen) atoms. The number of nitriles is 1. The monoisotopic (exact) mass is 230 g/mol. The number of rotatable bonds is 4. The zero-order valence-corrected chi connectivity index (χ0v) is 11.5. The normalized spacial score (nSPS) is 11.4. The van der Waals surface area contributed by atoms with Crippen molar-refractivity contribution >= 4 is 5.69 Å². The molecule has 2 nitrogen and oxygen atoms in total. The van der Waals surface area contributed by atoms with E-state index >= 15 is 0 Å². The maximum atomic E-state index is 9.09. The van der Waals surface area contributed by atoms with Gasteiger partial charge in [0.25, 0.3) is 0 Å². The van der Waals surface area contributed by atoms with E-state index in [0.29, 0.717) is 5.92 Å². The van der Waals surface area contributed by atoms with Crippen LogP contribution in [0, 0.1) is 29.6 Å². The smallest absolute Gasteiger partial charge is 0.101 e. The maximum Gasteiger partial charge on any atom is 0.101 e. The number of nitrogens with zero attached hydrogens (tertiary/aromatic N) is 1. The molecule has 0 saturated carbocycles. The first-order valence-electron chi connectivity index (χ1n) is 6.12. The quantitative estimate of drug-likeness (QED) is 0.849. The highest BCUT2D eigenvalue weighted by atomic mass is 14.9. The molecule has 0 saturated heterocycles. The van der Waals surface area contributed by atoms with Crippen molar-refractivity contribution in [2.24, 2.45) is 11.3 Å². The molecular formula is C15H22N2. The van der Waals surface area contributed by atoms with E-state index in [4.69, 9.17) is 5.26 Å². The summed E-state index contributed by atoms with van der Waals surface area (Å²) in [6.45, 7) is 11.9. The molecule has 0 aliphatic carbocycles. The van der Waals surface area contributed by atoms with Crippen LogP contribution in [0.2, 0.25) is 0 Å². The van der Waals surface area contributed by atoms with Crippen LogP contribution in [0.15, 0.2) is 18.2 Å². The average Bonchev–Trinajstić information content (AvgIpc) is 2.26. The van der Waals surface area contributed by atoms with Crippen LogP contribution in [0.25, 0.3) is 0 Å². The molecule has 0 aliphatic rings. The van der Waals surface area contributed by atoms with Gasteiger partial charge < -0.3 is 5.32 Å². The maximum absolute atomic E-state index is 9.09. The first-order chi connectivity index (χ1) is 7.88. The lowest BCUT2D eigenvalue weighted by atomic mass is 9.81. The van der Waals surface area contributed by atoms with E-state index in [2.05, 4.69) is 39.1 Å². The van der Waals surface area contributed by atoms with Gasteiger partial charge in [-0.2, -0.15) is 5.26 Å². The summed E-state index contributed by atoms with van der Waals surface area (Å²) in [4.78, 5) is 0. The Kier molecular flexibility index (Phi) is 4.17. The van der Waals surface area contributed by atoms with Crippen LogP contribution in [-0.4, -0.2) is 6.54 Å². The Balaban J connectivity index is 2.87. The van der Waals surface area contributed by atoms with Gasteiger partial charge in [-0.1, -0.05) is 39.8 Å². The molecule has 0 heterocycles. The van der Waals surface area contributed by atoms with Crippen LogP contribution in [-0.2, 0) is 0 Å². The second kappa shape index (κ2) is 5.23. The highest BCUT2D eigenvalue weighted by Crippen LogP contribution is 2.28. The van der Waals surface area contributed by atoms with E-state index in [0.717, 1.165) is 23.4 Å². The van der Waals surface area contributed by atoms with Gasteiger partial charge in [-0.25, -0.2) is 0 Å². The minimum Gasteiger partial charge on any atom is -0.383 e. The molecule has 92 valence electrons. The highest BCUT2D eigenvalue weighted by molar-refractivity contribution is 5.62. The molecule has 0 atom stereocenters. The summed E-state index contributed by atoms with van der Waals surface area (Å²) in [5.74, 6) is 0.601. The summed E-state index contributed by atoms with van der Waals surface area (Å²) < 4.78 is 0. The van der Waals surface area contributed by atoms with Gasteiger partial charge in [0.05, 0.1) is 11.3 Å². The summed E-state index contributed by atoms with van der Waals surface area (Å²) in [5.41, 5.74) is 3.05. The topological polar surface area (TPSA) is 35.8 Å². The number of aryl methyl sites for hydroxylation is 1. The summed E-state index contributed by atoms with van der Waals surface area (Å²) in [7, 11) is 0. The minimum absolute atomic E-state index is 0.217.